The van der Waals surface area contributed by atoms with Crippen LogP contribution in [0, 0.1) is 20.8 Å². The van der Waals surface area contributed by atoms with Gasteiger partial charge in [-0.3, -0.25) is 9.78 Å². The molecule has 1 aromatic heterocycles. The van der Waals surface area contributed by atoms with E-state index in [9.17, 15) is 4.79 Å². The molecule has 0 fully saturated rings. The molecule has 0 aliphatic heterocycles. The summed E-state index contributed by atoms with van der Waals surface area (Å²) in [7, 11) is 0. The van der Waals surface area contributed by atoms with Crippen LogP contribution >= 0.6 is 0 Å². The van der Waals surface area contributed by atoms with E-state index in [4.69, 9.17) is 0 Å². The quantitative estimate of drug-likeness (QED) is 0.661. The Morgan fingerprint density at radius 3 is 2.53 bits per heavy atom. The summed E-state index contributed by atoms with van der Waals surface area (Å²) in [4.78, 5) is 15.4. The Kier molecular flexibility index (Phi) is 2.27. The molecule has 0 atom stereocenters. The zero-order chi connectivity index (χ0) is 11.0. The molecule has 0 aliphatic rings. The minimum absolute atomic E-state index is 0.726. The molecule has 0 aliphatic carbocycles. The molecule has 0 bridgehead atoms. The highest BCUT2D eigenvalue weighted by Gasteiger charge is 2.06. The van der Waals surface area contributed by atoms with Crippen LogP contribution in [-0.4, -0.2) is 11.3 Å². The van der Waals surface area contributed by atoms with E-state index in [2.05, 4.69) is 11.1 Å². The normalized spacial score (nSPS) is 10.6. The summed E-state index contributed by atoms with van der Waals surface area (Å²) in [6.45, 7) is 5.96. The SMILES string of the molecule is Cc1cc(C)c2nc(C)cc(C=O)c2c1. The van der Waals surface area contributed by atoms with Crippen molar-refractivity contribution < 1.29 is 4.79 Å². The van der Waals surface area contributed by atoms with E-state index < -0.39 is 0 Å². The number of carbonyl (C=O) groups excluding carboxylic acids is 1. The van der Waals surface area contributed by atoms with Gasteiger partial charge in [0.1, 0.15) is 0 Å². The van der Waals surface area contributed by atoms with Gasteiger partial charge in [0.2, 0.25) is 0 Å². The summed E-state index contributed by atoms with van der Waals surface area (Å²) in [5, 5.41) is 0.952. The van der Waals surface area contributed by atoms with E-state index in [-0.39, 0.29) is 0 Å². The minimum Gasteiger partial charge on any atom is -0.298 e. The van der Waals surface area contributed by atoms with Gasteiger partial charge in [-0.1, -0.05) is 11.6 Å². The van der Waals surface area contributed by atoms with E-state index in [0.29, 0.717) is 0 Å². The number of aldehydes is 1. The van der Waals surface area contributed by atoms with Crippen LogP contribution in [0.4, 0.5) is 0 Å². The van der Waals surface area contributed by atoms with Crippen molar-refractivity contribution in [2.75, 3.05) is 0 Å². The van der Waals surface area contributed by atoms with Crippen molar-refractivity contribution in [2.24, 2.45) is 0 Å². The van der Waals surface area contributed by atoms with Gasteiger partial charge in [-0.15, -0.1) is 0 Å². The molecule has 0 spiro atoms. The fourth-order valence-electron chi connectivity index (χ4n) is 1.94. The summed E-state index contributed by atoms with van der Waals surface area (Å²) in [6.07, 6.45) is 0.899. The van der Waals surface area contributed by atoms with Crippen LogP contribution in [0.1, 0.15) is 27.2 Å². The first kappa shape index (κ1) is 9.84. The molecule has 2 aromatic rings. The highest BCUT2D eigenvalue weighted by atomic mass is 16.1. The van der Waals surface area contributed by atoms with E-state index in [1.54, 1.807) is 0 Å². The average molecular weight is 199 g/mol. The standard InChI is InChI=1S/C13H13NO/c1-8-4-9(2)13-12(5-8)11(7-15)6-10(3)14-13/h4-7H,1-3H3. The molecular formula is C13H13NO. The van der Waals surface area contributed by atoms with Crippen molar-refractivity contribution in [3.8, 4) is 0 Å². The molecule has 0 saturated heterocycles. The zero-order valence-electron chi connectivity index (χ0n) is 9.16. The second-order valence-corrected chi connectivity index (χ2v) is 3.95. The summed E-state index contributed by atoms with van der Waals surface area (Å²) in [5.74, 6) is 0. The third-order valence-electron chi connectivity index (χ3n) is 2.54. The second kappa shape index (κ2) is 3.46. The summed E-state index contributed by atoms with van der Waals surface area (Å²) < 4.78 is 0. The van der Waals surface area contributed by atoms with E-state index >= 15 is 0 Å². The number of hydrogen-bond donors (Lipinski definition) is 0. The fraction of sp³-hybridized carbons (Fsp3) is 0.231. The average Bonchev–Trinajstić information content (AvgIpc) is 2.18. The van der Waals surface area contributed by atoms with Crippen LogP contribution in [0.15, 0.2) is 18.2 Å². The highest BCUT2D eigenvalue weighted by molar-refractivity contribution is 5.98. The van der Waals surface area contributed by atoms with Crippen molar-refractivity contribution in [1.29, 1.82) is 0 Å². The Balaban J connectivity index is 2.95. The summed E-state index contributed by atoms with van der Waals surface area (Å²) in [5.41, 5.74) is 4.83. The van der Waals surface area contributed by atoms with Crippen molar-refractivity contribution >= 4 is 17.2 Å². The monoisotopic (exact) mass is 199 g/mol. The predicted octanol–water partition coefficient (Wildman–Crippen LogP) is 2.97. The van der Waals surface area contributed by atoms with E-state index in [0.717, 1.165) is 39.6 Å². The number of hydrogen-bond acceptors (Lipinski definition) is 2. The molecule has 15 heavy (non-hydrogen) atoms. The molecule has 0 N–H and O–H groups in total. The number of carbonyl (C=O) groups is 1. The lowest BCUT2D eigenvalue weighted by Gasteiger charge is -2.06. The van der Waals surface area contributed by atoms with Crippen LogP contribution in [0.25, 0.3) is 10.9 Å². The molecule has 0 amide bonds. The van der Waals surface area contributed by atoms with Gasteiger partial charge in [-0.2, -0.15) is 0 Å². The fourth-order valence-corrected chi connectivity index (χ4v) is 1.94. The minimum atomic E-state index is 0.726. The molecule has 0 radical (unpaired) electrons. The van der Waals surface area contributed by atoms with Crippen LogP contribution in [0.3, 0.4) is 0 Å². The van der Waals surface area contributed by atoms with Gasteiger partial charge in [-0.05, 0) is 38.5 Å². The number of aromatic nitrogens is 1. The topological polar surface area (TPSA) is 30.0 Å². The number of pyridine rings is 1. The van der Waals surface area contributed by atoms with Crippen molar-refractivity contribution in [3.63, 3.8) is 0 Å². The summed E-state index contributed by atoms with van der Waals surface area (Å²) in [6, 6.07) is 5.93. The Labute approximate surface area is 89.0 Å². The van der Waals surface area contributed by atoms with Gasteiger partial charge < -0.3 is 0 Å². The number of nitrogens with zero attached hydrogens (tertiary/aromatic N) is 1. The summed E-state index contributed by atoms with van der Waals surface area (Å²) >= 11 is 0. The number of aryl methyl sites for hydroxylation is 3. The molecule has 2 nitrogen and oxygen atoms in total. The van der Waals surface area contributed by atoms with Gasteiger partial charge in [0.15, 0.2) is 6.29 Å². The Morgan fingerprint density at radius 2 is 1.87 bits per heavy atom. The van der Waals surface area contributed by atoms with Gasteiger partial charge in [0.05, 0.1) is 5.52 Å². The van der Waals surface area contributed by atoms with Gasteiger partial charge in [0.25, 0.3) is 0 Å². The molecule has 1 heterocycles. The zero-order valence-corrected chi connectivity index (χ0v) is 9.16. The maximum Gasteiger partial charge on any atom is 0.150 e. The van der Waals surface area contributed by atoms with Crippen LogP contribution < -0.4 is 0 Å². The van der Waals surface area contributed by atoms with E-state index in [1.807, 2.05) is 32.9 Å². The Hall–Kier alpha value is -1.70. The second-order valence-electron chi connectivity index (χ2n) is 3.95. The number of rotatable bonds is 1. The lowest BCUT2D eigenvalue weighted by molar-refractivity contribution is 0.112. The van der Waals surface area contributed by atoms with Gasteiger partial charge >= 0.3 is 0 Å². The Bertz CT molecular complexity index is 544. The Morgan fingerprint density at radius 1 is 1.13 bits per heavy atom. The van der Waals surface area contributed by atoms with E-state index in [1.165, 1.54) is 0 Å². The largest absolute Gasteiger partial charge is 0.298 e. The van der Waals surface area contributed by atoms with Crippen molar-refractivity contribution in [2.45, 2.75) is 20.8 Å². The van der Waals surface area contributed by atoms with Crippen LogP contribution in [0.2, 0.25) is 0 Å². The number of benzene rings is 1. The molecule has 0 saturated carbocycles. The molecule has 2 rings (SSSR count). The lowest BCUT2D eigenvalue weighted by atomic mass is 10.0. The molecule has 1 aromatic carbocycles. The van der Waals surface area contributed by atoms with Crippen molar-refractivity contribution in [1.82, 2.24) is 4.98 Å². The first-order chi connectivity index (χ1) is 7.11. The molecular weight excluding hydrogens is 186 g/mol. The first-order valence-electron chi connectivity index (χ1n) is 4.95. The van der Waals surface area contributed by atoms with Gasteiger partial charge in [-0.25, -0.2) is 0 Å². The van der Waals surface area contributed by atoms with Crippen LogP contribution in [-0.2, 0) is 0 Å². The van der Waals surface area contributed by atoms with Crippen molar-refractivity contribution in [3.05, 3.63) is 40.6 Å². The molecule has 0 unspecified atom stereocenters. The van der Waals surface area contributed by atoms with Gasteiger partial charge in [0, 0.05) is 16.6 Å². The molecule has 2 heteroatoms. The predicted molar refractivity (Wildman–Crippen MR) is 61.3 cm³/mol. The maximum absolute atomic E-state index is 11.0. The maximum atomic E-state index is 11.0. The third-order valence-corrected chi connectivity index (χ3v) is 2.54. The first-order valence-corrected chi connectivity index (χ1v) is 4.95. The van der Waals surface area contributed by atoms with Crippen LogP contribution in [0.5, 0.6) is 0 Å². The number of fused-ring (bicyclic) bond motifs is 1. The third kappa shape index (κ3) is 1.63. The highest BCUT2D eigenvalue weighted by Crippen LogP contribution is 2.22. The lowest BCUT2D eigenvalue weighted by Crippen LogP contribution is -1.93. The smallest absolute Gasteiger partial charge is 0.150 e. The molecule has 76 valence electrons.